The molecule has 1 N–H and O–H groups in total. The van der Waals surface area contributed by atoms with E-state index in [1.807, 2.05) is 32.2 Å². The lowest BCUT2D eigenvalue weighted by atomic mass is 10.1. The largest absolute Gasteiger partial charge is 0.497 e. The Balaban J connectivity index is 2.81. The van der Waals surface area contributed by atoms with E-state index in [4.69, 9.17) is 4.74 Å². The van der Waals surface area contributed by atoms with E-state index < -0.39 is 0 Å². The van der Waals surface area contributed by atoms with Crippen LogP contribution in [0.15, 0.2) is 18.2 Å². The van der Waals surface area contributed by atoms with Crippen LogP contribution >= 0.6 is 0 Å². The summed E-state index contributed by atoms with van der Waals surface area (Å²) in [5, 5.41) is 4.34. The molecule has 0 spiro atoms. The number of methoxy groups -OCH3 is 1. The minimum Gasteiger partial charge on any atom is -0.497 e. The number of aryl methyl sites for hydroxylation is 1. The minimum atomic E-state index is 0.856. The molecule has 0 atom stereocenters. The van der Waals surface area contributed by atoms with Crippen LogP contribution in [-0.4, -0.2) is 19.1 Å². The van der Waals surface area contributed by atoms with Crippen molar-refractivity contribution in [2.24, 2.45) is 0 Å². The molecular weight excluding hydrogens is 200 g/mol. The third-order valence-electron chi connectivity index (χ3n) is 2.93. The Morgan fingerprint density at radius 2 is 2.00 bits per heavy atom. The van der Waals surface area contributed by atoms with Crippen LogP contribution in [0.2, 0.25) is 0 Å². The molecule has 0 unspecified atom stereocenters. The zero-order valence-corrected chi connectivity index (χ0v) is 10.1. The molecule has 0 fully saturated rings. The van der Waals surface area contributed by atoms with E-state index >= 15 is 0 Å². The summed E-state index contributed by atoms with van der Waals surface area (Å²) in [4.78, 5) is 4.56. The van der Waals surface area contributed by atoms with Gasteiger partial charge < -0.3 is 10.1 Å². The molecule has 0 saturated carbocycles. The lowest BCUT2D eigenvalue weighted by molar-refractivity contribution is 0.415. The third kappa shape index (κ3) is 1.58. The Morgan fingerprint density at radius 1 is 1.25 bits per heavy atom. The van der Waals surface area contributed by atoms with E-state index in [9.17, 15) is 0 Å². The van der Waals surface area contributed by atoms with Gasteiger partial charge in [-0.25, -0.2) is 0 Å². The predicted molar refractivity (Wildman–Crippen MR) is 67.3 cm³/mol. The van der Waals surface area contributed by atoms with Gasteiger partial charge in [0.15, 0.2) is 0 Å². The van der Waals surface area contributed by atoms with Crippen LogP contribution in [0.5, 0.6) is 5.75 Å². The summed E-state index contributed by atoms with van der Waals surface area (Å²) in [5.41, 5.74) is 4.36. The number of rotatable bonds is 2. The molecule has 0 radical (unpaired) electrons. The van der Waals surface area contributed by atoms with Crippen LogP contribution in [0.25, 0.3) is 10.9 Å². The zero-order chi connectivity index (χ0) is 11.7. The van der Waals surface area contributed by atoms with E-state index in [-0.39, 0.29) is 0 Å². The average molecular weight is 216 g/mol. The number of aromatic nitrogens is 1. The Hall–Kier alpha value is -1.77. The highest BCUT2D eigenvalue weighted by Crippen LogP contribution is 2.30. The van der Waals surface area contributed by atoms with Crippen LogP contribution < -0.4 is 10.1 Å². The Labute approximate surface area is 95.5 Å². The van der Waals surface area contributed by atoms with Gasteiger partial charge in [0.05, 0.1) is 12.6 Å². The number of hydrogen-bond donors (Lipinski definition) is 1. The highest BCUT2D eigenvalue weighted by Gasteiger charge is 2.08. The average Bonchev–Trinajstić information content (AvgIpc) is 2.30. The van der Waals surface area contributed by atoms with Crippen molar-refractivity contribution in [2.45, 2.75) is 13.8 Å². The summed E-state index contributed by atoms with van der Waals surface area (Å²) in [5.74, 6) is 0.856. The molecule has 2 aromatic rings. The van der Waals surface area contributed by atoms with Gasteiger partial charge in [-0.3, -0.25) is 4.98 Å². The Kier molecular flexibility index (Phi) is 2.69. The van der Waals surface area contributed by atoms with Crippen molar-refractivity contribution in [1.29, 1.82) is 0 Å². The van der Waals surface area contributed by atoms with E-state index in [0.717, 1.165) is 28.0 Å². The van der Waals surface area contributed by atoms with Gasteiger partial charge in [-0.2, -0.15) is 0 Å². The molecule has 16 heavy (non-hydrogen) atoms. The third-order valence-corrected chi connectivity index (χ3v) is 2.93. The second-order valence-corrected chi connectivity index (χ2v) is 3.83. The maximum Gasteiger partial charge on any atom is 0.119 e. The molecule has 1 aromatic carbocycles. The molecule has 0 aliphatic carbocycles. The van der Waals surface area contributed by atoms with Crippen molar-refractivity contribution < 1.29 is 4.74 Å². The highest BCUT2D eigenvalue weighted by atomic mass is 16.5. The van der Waals surface area contributed by atoms with Crippen LogP contribution in [0.1, 0.15) is 11.3 Å². The molecule has 84 valence electrons. The van der Waals surface area contributed by atoms with E-state index in [2.05, 4.69) is 17.2 Å². The number of hydrogen-bond acceptors (Lipinski definition) is 3. The number of fused-ring (bicyclic) bond motifs is 1. The second kappa shape index (κ2) is 4.00. The summed E-state index contributed by atoms with van der Waals surface area (Å²) >= 11 is 0. The van der Waals surface area contributed by atoms with E-state index in [1.165, 1.54) is 5.56 Å². The maximum absolute atomic E-state index is 5.24. The molecule has 1 aromatic heterocycles. The zero-order valence-electron chi connectivity index (χ0n) is 10.1. The normalized spacial score (nSPS) is 10.5. The van der Waals surface area contributed by atoms with Gasteiger partial charge in [-0.1, -0.05) is 0 Å². The monoisotopic (exact) mass is 216 g/mol. The first-order valence-electron chi connectivity index (χ1n) is 5.30. The molecular formula is C13H16N2O. The molecule has 1 heterocycles. The van der Waals surface area contributed by atoms with Crippen molar-refractivity contribution >= 4 is 16.6 Å². The van der Waals surface area contributed by atoms with Crippen molar-refractivity contribution in [3.05, 3.63) is 29.5 Å². The lowest BCUT2D eigenvalue weighted by Gasteiger charge is -2.12. The fourth-order valence-electron chi connectivity index (χ4n) is 1.91. The van der Waals surface area contributed by atoms with Crippen molar-refractivity contribution in [2.75, 3.05) is 19.5 Å². The molecule has 2 rings (SSSR count). The minimum absolute atomic E-state index is 0.856. The smallest absolute Gasteiger partial charge is 0.119 e. The van der Waals surface area contributed by atoms with Gasteiger partial charge >= 0.3 is 0 Å². The topological polar surface area (TPSA) is 34.2 Å². The summed E-state index contributed by atoms with van der Waals surface area (Å²) in [7, 11) is 3.61. The summed E-state index contributed by atoms with van der Waals surface area (Å²) in [6.07, 6.45) is 0. The van der Waals surface area contributed by atoms with Gasteiger partial charge in [0.2, 0.25) is 0 Å². The van der Waals surface area contributed by atoms with Gasteiger partial charge in [-0.05, 0) is 37.6 Å². The van der Waals surface area contributed by atoms with Crippen LogP contribution in [0.3, 0.4) is 0 Å². The Bertz CT molecular complexity index is 535. The van der Waals surface area contributed by atoms with Crippen LogP contribution in [-0.2, 0) is 0 Å². The number of nitrogens with one attached hydrogen (secondary N) is 1. The molecule has 0 aliphatic heterocycles. The first-order valence-corrected chi connectivity index (χ1v) is 5.30. The first-order chi connectivity index (χ1) is 7.67. The molecule has 0 amide bonds. The van der Waals surface area contributed by atoms with Crippen molar-refractivity contribution in [1.82, 2.24) is 4.98 Å². The predicted octanol–water partition coefficient (Wildman–Crippen LogP) is 2.90. The van der Waals surface area contributed by atoms with Crippen molar-refractivity contribution in [3.63, 3.8) is 0 Å². The number of ether oxygens (including phenoxy) is 1. The number of anilines is 1. The number of benzene rings is 1. The van der Waals surface area contributed by atoms with Gasteiger partial charge in [0, 0.05) is 23.8 Å². The van der Waals surface area contributed by atoms with E-state index in [0.29, 0.717) is 0 Å². The Morgan fingerprint density at radius 3 is 2.62 bits per heavy atom. The standard InChI is InChI=1S/C13H16N2O/c1-8-9(2)15-12-6-5-10(16-4)7-11(12)13(8)14-3/h5-7H,1-4H3,(H,14,15). The summed E-state index contributed by atoms with van der Waals surface area (Å²) in [6, 6.07) is 5.94. The van der Waals surface area contributed by atoms with Crippen LogP contribution in [0.4, 0.5) is 5.69 Å². The highest BCUT2D eigenvalue weighted by molar-refractivity contribution is 5.94. The SMILES string of the molecule is CNc1c(C)c(C)nc2ccc(OC)cc12. The molecule has 0 saturated heterocycles. The lowest BCUT2D eigenvalue weighted by Crippen LogP contribution is -1.98. The van der Waals surface area contributed by atoms with E-state index in [1.54, 1.807) is 7.11 Å². The van der Waals surface area contributed by atoms with Crippen molar-refractivity contribution in [3.8, 4) is 5.75 Å². The van der Waals surface area contributed by atoms with Gasteiger partial charge in [0.1, 0.15) is 5.75 Å². The second-order valence-electron chi connectivity index (χ2n) is 3.83. The summed E-state index contributed by atoms with van der Waals surface area (Å²) < 4.78 is 5.24. The molecule has 0 bridgehead atoms. The maximum atomic E-state index is 5.24. The first kappa shape index (κ1) is 10.7. The number of pyridine rings is 1. The van der Waals surface area contributed by atoms with Crippen LogP contribution in [0, 0.1) is 13.8 Å². The molecule has 0 aliphatic rings. The number of nitrogens with zero attached hydrogens (tertiary/aromatic N) is 1. The fourth-order valence-corrected chi connectivity index (χ4v) is 1.91. The van der Waals surface area contributed by atoms with Gasteiger partial charge in [-0.15, -0.1) is 0 Å². The quantitative estimate of drug-likeness (QED) is 0.838. The molecule has 3 heteroatoms. The fraction of sp³-hybridized carbons (Fsp3) is 0.308. The summed E-state index contributed by atoms with van der Waals surface area (Å²) in [6.45, 7) is 4.10. The van der Waals surface area contributed by atoms with Gasteiger partial charge in [0.25, 0.3) is 0 Å². The molecule has 3 nitrogen and oxygen atoms in total.